The molecule has 116 valence electrons. The molecule has 1 heterocycles. The largest absolute Gasteiger partial charge is 0.493 e. The van der Waals surface area contributed by atoms with E-state index in [-0.39, 0.29) is 6.04 Å². The van der Waals surface area contributed by atoms with E-state index >= 15 is 0 Å². The molecule has 1 unspecified atom stereocenters. The van der Waals surface area contributed by atoms with Crippen LogP contribution in [0.1, 0.15) is 45.3 Å². The van der Waals surface area contributed by atoms with Gasteiger partial charge in [0, 0.05) is 13.1 Å². The predicted molar refractivity (Wildman–Crippen MR) is 81.5 cm³/mol. The summed E-state index contributed by atoms with van der Waals surface area (Å²) in [5.41, 5.74) is 3.96. The van der Waals surface area contributed by atoms with Gasteiger partial charge < -0.3 is 9.64 Å². The molecule has 0 aromatic carbocycles. The maximum Gasteiger partial charge on any atom is 0.161 e. The number of nitrogens with two attached hydrogens (primary N) is 1. The molecule has 0 aliphatic carbocycles. The third-order valence-corrected chi connectivity index (χ3v) is 3.66. The number of aryl methyl sites for hydroxylation is 1. The molecule has 20 heavy (non-hydrogen) atoms. The number of nitrogens with one attached hydrogen (secondary N) is 1. The SMILES string of the molecule is CCCn1ncc(OC)c1C(CCN(CC)CC)NN. The number of rotatable bonds is 10. The zero-order valence-corrected chi connectivity index (χ0v) is 13.2. The molecule has 0 aliphatic heterocycles. The number of nitrogens with zero attached hydrogens (tertiary/aromatic N) is 3. The Hall–Kier alpha value is -1.11. The van der Waals surface area contributed by atoms with Crippen LogP contribution in [0.3, 0.4) is 0 Å². The summed E-state index contributed by atoms with van der Waals surface area (Å²) in [4.78, 5) is 2.39. The second kappa shape index (κ2) is 8.94. The standard InChI is InChI=1S/C14H29N5O/c1-5-9-19-14(13(20-4)11-16-19)12(17-15)8-10-18(6-2)7-3/h11-12,17H,5-10,15H2,1-4H3. The van der Waals surface area contributed by atoms with E-state index in [4.69, 9.17) is 10.6 Å². The third-order valence-electron chi connectivity index (χ3n) is 3.66. The third kappa shape index (κ3) is 4.19. The molecule has 1 aromatic heterocycles. The number of hydrazine groups is 1. The van der Waals surface area contributed by atoms with Gasteiger partial charge in [-0.15, -0.1) is 0 Å². The van der Waals surface area contributed by atoms with Gasteiger partial charge in [0.2, 0.25) is 0 Å². The van der Waals surface area contributed by atoms with Crippen molar-refractivity contribution in [2.45, 2.75) is 46.2 Å². The first-order chi connectivity index (χ1) is 9.71. The van der Waals surface area contributed by atoms with Crippen LogP contribution in [-0.2, 0) is 6.54 Å². The van der Waals surface area contributed by atoms with Crippen molar-refractivity contribution in [3.05, 3.63) is 11.9 Å². The number of hydrogen-bond acceptors (Lipinski definition) is 5. The highest BCUT2D eigenvalue weighted by molar-refractivity contribution is 5.28. The highest BCUT2D eigenvalue weighted by Gasteiger charge is 2.21. The Morgan fingerprint density at radius 1 is 1.40 bits per heavy atom. The fourth-order valence-corrected chi connectivity index (χ4v) is 2.43. The van der Waals surface area contributed by atoms with E-state index in [1.165, 1.54) is 0 Å². The lowest BCUT2D eigenvalue weighted by Crippen LogP contribution is -2.34. The Bertz CT molecular complexity index is 376. The molecule has 0 spiro atoms. The second-order valence-corrected chi connectivity index (χ2v) is 4.86. The summed E-state index contributed by atoms with van der Waals surface area (Å²) in [6.07, 6.45) is 3.74. The Kier molecular flexibility index (Phi) is 7.58. The minimum absolute atomic E-state index is 0.0552. The van der Waals surface area contributed by atoms with Crippen molar-refractivity contribution in [1.82, 2.24) is 20.1 Å². The van der Waals surface area contributed by atoms with Crippen LogP contribution in [-0.4, -0.2) is 41.4 Å². The molecule has 6 heteroatoms. The van der Waals surface area contributed by atoms with Crippen LogP contribution in [0, 0.1) is 0 Å². The van der Waals surface area contributed by atoms with Crippen molar-refractivity contribution in [3.63, 3.8) is 0 Å². The maximum atomic E-state index is 5.76. The molecule has 0 saturated heterocycles. The van der Waals surface area contributed by atoms with Crippen molar-refractivity contribution in [1.29, 1.82) is 0 Å². The fraction of sp³-hybridized carbons (Fsp3) is 0.786. The van der Waals surface area contributed by atoms with Gasteiger partial charge in [-0.3, -0.25) is 16.0 Å². The lowest BCUT2D eigenvalue weighted by Gasteiger charge is -2.23. The summed E-state index contributed by atoms with van der Waals surface area (Å²) in [5.74, 6) is 6.56. The van der Waals surface area contributed by atoms with Crippen molar-refractivity contribution >= 4 is 0 Å². The van der Waals surface area contributed by atoms with E-state index in [0.717, 1.165) is 50.5 Å². The highest BCUT2D eigenvalue weighted by Crippen LogP contribution is 2.27. The average Bonchev–Trinajstić information content (AvgIpc) is 2.87. The molecule has 0 fully saturated rings. The first kappa shape index (κ1) is 16.9. The smallest absolute Gasteiger partial charge is 0.161 e. The van der Waals surface area contributed by atoms with Gasteiger partial charge in [0.05, 0.1) is 25.0 Å². The van der Waals surface area contributed by atoms with Gasteiger partial charge >= 0.3 is 0 Å². The molecule has 6 nitrogen and oxygen atoms in total. The van der Waals surface area contributed by atoms with Crippen LogP contribution >= 0.6 is 0 Å². The summed E-state index contributed by atoms with van der Waals surface area (Å²) < 4.78 is 7.41. The van der Waals surface area contributed by atoms with Gasteiger partial charge in [0.1, 0.15) is 0 Å². The molecule has 0 aliphatic rings. The monoisotopic (exact) mass is 283 g/mol. The van der Waals surface area contributed by atoms with E-state index in [1.54, 1.807) is 13.3 Å². The van der Waals surface area contributed by atoms with E-state index in [1.807, 2.05) is 4.68 Å². The lowest BCUT2D eigenvalue weighted by molar-refractivity contribution is 0.276. The predicted octanol–water partition coefficient (Wildman–Crippen LogP) is 1.54. The van der Waals surface area contributed by atoms with E-state index in [9.17, 15) is 0 Å². The normalized spacial score (nSPS) is 12.9. The molecule has 0 saturated carbocycles. The number of methoxy groups -OCH3 is 1. The molecular weight excluding hydrogens is 254 g/mol. The van der Waals surface area contributed by atoms with Gasteiger partial charge in [-0.2, -0.15) is 5.10 Å². The van der Waals surface area contributed by atoms with Crippen LogP contribution in [0.15, 0.2) is 6.20 Å². The van der Waals surface area contributed by atoms with Crippen molar-refractivity contribution in [2.24, 2.45) is 5.84 Å². The van der Waals surface area contributed by atoms with Gasteiger partial charge in [-0.05, 0) is 25.9 Å². The van der Waals surface area contributed by atoms with Crippen molar-refractivity contribution < 1.29 is 4.74 Å². The number of aromatic nitrogens is 2. The minimum Gasteiger partial charge on any atom is -0.493 e. The molecule has 3 N–H and O–H groups in total. The van der Waals surface area contributed by atoms with Gasteiger partial charge in [0.15, 0.2) is 5.75 Å². The zero-order chi connectivity index (χ0) is 15.0. The second-order valence-electron chi connectivity index (χ2n) is 4.86. The van der Waals surface area contributed by atoms with Crippen LogP contribution in [0.5, 0.6) is 5.75 Å². The summed E-state index contributed by atoms with van der Waals surface area (Å²) in [6, 6.07) is 0.0552. The van der Waals surface area contributed by atoms with Gasteiger partial charge in [-0.25, -0.2) is 0 Å². The van der Waals surface area contributed by atoms with Crippen LogP contribution in [0.2, 0.25) is 0 Å². The Morgan fingerprint density at radius 3 is 2.60 bits per heavy atom. The summed E-state index contributed by atoms with van der Waals surface area (Å²) in [6.45, 7) is 10.5. The van der Waals surface area contributed by atoms with Gasteiger partial charge in [-0.1, -0.05) is 20.8 Å². The molecule has 0 radical (unpaired) electrons. The molecule has 1 atom stereocenters. The Labute approximate surface area is 122 Å². The van der Waals surface area contributed by atoms with Crippen LogP contribution in [0.4, 0.5) is 0 Å². The van der Waals surface area contributed by atoms with E-state index in [2.05, 4.69) is 36.2 Å². The van der Waals surface area contributed by atoms with E-state index in [0.29, 0.717) is 0 Å². The first-order valence-corrected chi connectivity index (χ1v) is 7.49. The van der Waals surface area contributed by atoms with Crippen LogP contribution < -0.4 is 16.0 Å². The minimum atomic E-state index is 0.0552. The molecule has 0 amide bonds. The first-order valence-electron chi connectivity index (χ1n) is 7.49. The molecular formula is C14H29N5O. The fourth-order valence-electron chi connectivity index (χ4n) is 2.43. The quantitative estimate of drug-likeness (QED) is 0.503. The summed E-state index contributed by atoms with van der Waals surface area (Å²) >= 11 is 0. The molecule has 1 rings (SSSR count). The zero-order valence-electron chi connectivity index (χ0n) is 13.2. The number of ether oxygens (including phenoxy) is 1. The highest BCUT2D eigenvalue weighted by atomic mass is 16.5. The van der Waals surface area contributed by atoms with Crippen molar-refractivity contribution in [2.75, 3.05) is 26.7 Å². The van der Waals surface area contributed by atoms with E-state index < -0.39 is 0 Å². The average molecular weight is 283 g/mol. The number of hydrogen-bond donors (Lipinski definition) is 2. The summed E-state index contributed by atoms with van der Waals surface area (Å²) in [5, 5.41) is 4.40. The Balaban J connectivity index is 2.84. The van der Waals surface area contributed by atoms with Crippen LogP contribution in [0.25, 0.3) is 0 Å². The topological polar surface area (TPSA) is 68.3 Å². The van der Waals surface area contributed by atoms with Gasteiger partial charge in [0.25, 0.3) is 0 Å². The molecule has 1 aromatic rings. The Morgan fingerprint density at radius 2 is 2.10 bits per heavy atom. The lowest BCUT2D eigenvalue weighted by atomic mass is 10.1. The molecule has 0 bridgehead atoms. The summed E-state index contributed by atoms with van der Waals surface area (Å²) in [7, 11) is 1.68. The maximum absolute atomic E-state index is 5.76. The van der Waals surface area contributed by atoms with Crippen molar-refractivity contribution in [3.8, 4) is 5.75 Å².